The van der Waals surface area contributed by atoms with Gasteiger partial charge >= 0.3 is 5.97 Å². The van der Waals surface area contributed by atoms with Crippen molar-refractivity contribution in [3.63, 3.8) is 0 Å². The molecule has 0 fully saturated rings. The minimum atomic E-state index is -1.07. The average molecular weight is 282 g/mol. The Labute approximate surface area is 119 Å². The number of imidazole rings is 1. The second-order valence-electron chi connectivity index (χ2n) is 4.46. The van der Waals surface area contributed by atoms with E-state index in [1.165, 1.54) is 22.7 Å². The average Bonchev–Trinajstić information content (AvgIpc) is 2.84. The second kappa shape index (κ2) is 5.20. The lowest BCUT2D eigenvalue weighted by Gasteiger charge is -2.00. The summed E-state index contributed by atoms with van der Waals surface area (Å²) >= 11 is 0. The summed E-state index contributed by atoms with van der Waals surface area (Å²) in [6.07, 6.45) is 3.72. The van der Waals surface area contributed by atoms with E-state index in [9.17, 15) is 9.18 Å². The van der Waals surface area contributed by atoms with Gasteiger partial charge in [0.15, 0.2) is 0 Å². The number of rotatable bonds is 3. The number of halogens is 1. The summed E-state index contributed by atoms with van der Waals surface area (Å²) in [7, 11) is 0. The third kappa shape index (κ3) is 2.53. The smallest absolute Gasteiger partial charge is 0.328 e. The predicted molar refractivity (Wildman–Crippen MR) is 77.3 cm³/mol. The van der Waals surface area contributed by atoms with Crippen LogP contribution in [0.4, 0.5) is 4.39 Å². The molecule has 0 saturated heterocycles. The Balaban J connectivity index is 2.28. The molecule has 3 rings (SSSR count). The molecule has 2 heterocycles. The van der Waals surface area contributed by atoms with E-state index >= 15 is 0 Å². The molecule has 0 unspecified atom stereocenters. The highest BCUT2D eigenvalue weighted by atomic mass is 19.1. The SMILES string of the molecule is O=C(O)/C=C/c1c(-c2ccccc2)nc2ccc(F)cn12. The third-order valence-electron chi connectivity index (χ3n) is 3.05. The number of aliphatic carboxylic acids is 1. The number of aromatic nitrogens is 2. The molecule has 0 aliphatic rings. The molecular formula is C16H11FN2O2. The van der Waals surface area contributed by atoms with Gasteiger partial charge in [0.1, 0.15) is 11.5 Å². The highest BCUT2D eigenvalue weighted by molar-refractivity contribution is 5.87. The number of pyridine rings is 1. The monoisotopic (exact) mass is 282 g/mol. The number of hydrogen-bond donors (Lipinski definition) is 1. The van der Waals surface area contributed by atoms with Crippen molar-refractivity contribution in [1.29, 1.82) is 0 Å². The Morgan fingerprint density at radius 2 is 1.95 bits per heavy atom. The molecule has 0 atom stereocenters. The van der Waals surface area contributed by atoms with Crippen LogP contribution in [0.25, 0.3) is 23.0 Å². The fourth-order valence-electron chi connectivity index (χ4n) is 2.15. The summed E-state index contributed by atoms with van der Waals surface area (Å²) in [6.45, 7) is 0. The van der Waals surface area contributed by atoms with Crippen LogP contribution in [0.1, 0.15) is 5.69 Å². The molecule has 0 spiro atoms. The van der Waals surface area contributed by atoms with Crippen LogP contribution in [0.2, 0.25) is 0 Å². The van der Waals surface area contributed by atoms with Crippen molar-refractivity contribution in [1.82, 2.24) is 9.38 Å². The van der Waals surface area contributed by atoms with Gasteiger partial charge in [-0.25, -0.2) is 14.2 Å². The van der Waals surface area contributed by atoms with Crippen molar-refractivity contribution in [2.24, 2.45) is 0 Å². The van der Waals surface area contributed by atoms with Crippen molar-refractivity contribution in [3.8, 4) is 11.3 Å². The third-order valence-corrected chi connectivity index (χ3v) is 3.05. The lowest BCUT2D eigenvalue weighted by molar-refractivity contribution is -0.131. The van der Waals surface area contributed by atoms with Crippen LogP contribution in [0.3, 0.4) is 0 Å². The lowest BCUT2D eigenvalue weighted by atomic mass is 10.1. The molecule has 1 aromatic carbocycles. The molecule has 1 N–H and O–H groups in total. The van der Waals surface area contributed by atoms with E-state index in [1.807, 2.05) is 30.3 Å². The number of hydrogen-bond acceptors (Lipinski definition) is 2. The van der Waals surface area contributed by atoms with Gasteiger partial charge in [-0.3, -0.25) is 4.40 Å². The second-order valence-corrected chi connectivity index (χ2v) is 4.46. The molecule has 0 aliphatic carbocycles. The van der Waals surface area contributed by atoms with Gasteiger partial charge in [0.25, 0.3) is 0 Å². The summed E-state index contributed by atoms with van der Waals surface area (Å²) in [5.41, 5.74) is 2.53. The molecule has 0 aliphatic heterocycles. The zero-order valence-electron chi connectivity index (χ0n) is 10.9. The Bertz CT molecular complexity index is 838. The van der Waals surface area contributed by atoms with Gasteiger partial charge in [-0.15, -0.1) is 0 Å². The highest BCUT2D eigenvalue weighted by Gasteiger charge is 2.12. The standard InChI is InChI=1S/C16H11FN2O2/c17-12-6-8-14-18-16(11-4-2-1-3-5-11)13(19(14)10-12)7-9-15(20)21/h1-10H,(H,20,21)/b9-7+. The maximum absolute atomic E-state index is 13.4. The van der Waals surface area contributed by atoms with E-state index in [1.54, 1.807) is 6.07 Å². The topological polar surface area (TPSA) is 54.6 Å². The fraction of sp³-hybridized carbons (Fsp3) is 0. The molecule has 5 heteroatoms. The van der Waals surface area contributed by atoms with Crippen LogP contribution in [0, 0.1) is 5.82 Å². The lowest BCUT2D eigenvalue weighted by Crippen LogP contribution is -1.92. The number of carboxylic acids is 1. The first-order valence-corrected chi connectivity index (χ1v) is 6.29. The Hall–Kier alpha value is -2.95. The minimum Gasteiger partial charge on any atom is -0.478 e. The maximum atomic E-state index is 13.4. The predicted octanol–water partition coefficient (Wildman–Crippen LogP) is 3.24. The Morgan fingerprint density at radius 1 is 1.19 bits per heavy atom. The Kier molecular flexibility index (Phi) is 3.23. The first-order chi connectivity index (χ1) is 10.1. The molecular weight excluding hydrogens is 271 g/mol. The molecule has 21 heavy (non-hydrogen) atoms. The summed E-state index contributed by atoms with van der Waals surface area (Å²) in [6, 6.07) is 12.2. The van der Waals surface area contributed by atoms with E-state index in [4.69, 9.17) is 5.11 Å². The summed E-state index contributed by atoms with van der Waals surface area (Å²) in [5.74, 6) is -1.48. The quantitative estimate of drug-likeness (QED) is 0.750. The van der Waals surface area contributed by atoms with Crippen molar-refractivity contribution in [2.75, 3.05) is 0 Å². The number of benzene rings is 1. The number of nitrogens with zero attached hydrogens (tertiary/aromatic N) is 2. The molecule has 104 valence electrons. The van der Waals surface area contributed by atoms with E-state index in [0.29, 0.717) is 17.0 Å². The van der Waals surface area contributed by atoms with Gasteiger partial charge in [-0.1, -0.05) is 30.3 Å². The van der Waals surface area contributed by atoms with Gasteiger partial charge in [-0.05, 0) is 18.2 Å². The van der Waals surface area contributed by atoms with Gasteiger partial charge in [-0.2, -0.15) is 0 Å². The maximum Gasteiger partial charge on any atom is 0.328 e. The van der Waals surface area contributed by atoms with Crippen molar-refractivity contribution < 1.29 is 14.3 Å². The summed E-state index contributed by atoms with van der Waals surface area (Å²) in [4.78, 5) is 15.2. The van der Waals surface area contributed by atoms with E-state index in [2.05, 4.69) is 4.98 Å². The normalized spacial score (nSPS) is 11.3. The molecule has 0 radical (unpaired) electrons. The van der Waals surface area contributed by atoms with Crippen molar-refractivity contribution >= 4 is 17.7 Å². The molecule has 0 bridgehead atoms. The van der Waals surface area contributed by atoms with E-state index < -0.39 is 11.8 Å². The number of carboxylic acid groups (broad SMARTS) is 1. The van der Waals surface area contributed by atoms with Crippen molar-refractivity contribution in [2.45, 2.75) is 0 Å². The van der Waals surface area contributed by atoms with Gasteiger partial charge in [0.2, 0.25) is 0 Å². The zero-order chi connectivity index (χ0) is 14.8. The van der Waals surface area contributed by atoms with Gasteiger partial charge in [0, 0.05) is 17.8 Å². The Morgan fingerprint density at radius 3 is 2.67 bits per heavy atom. The summed E-state index contributed by atoms with van der Waals surface area (Å²) in [5, 5.41) is 8.81. The molecule has 0 amide bonds. The molecule has 0 saturated carbocycles. The van der Waals surface area contributed by atoms with Gasteiger partial charge in [0.05, 0.1) is 11.4 Å². The largest absolute Gasteiger partial charge is 0.478 e. The van der Waals surface area contributed by atoms with Crippen LogP contribution in [-0.2, 0) is 4.79 Å². The molecule has 4 nitrogen and oxygen atoms in total. The summed E-state index contributed by atoms with van der Waals surface area (Å²) < 4.78 is 15.0. The minimum absolute atomic E-state index is 0.413. The van der Waals surface area contributed by atoms with Crippen LogP contribution < -0.4 is 0 Å². The molecule has 3 aromatic rings. The van der Waals surface area contributed by atoms with Crippen LogP contribution >= 0.6 is 0 Å². The van der Waals surface area contributed by atoms with E-state index in [-0.39, 0.29) is 0 Å². The first kappa shape index (κ1) is 13.1. The molecule has 2 aromatic heterocycles. The van der Waals surface area contributed by atoms with Crippen molar-refractivity contribution in [3.05, 3.63) is 66.2 Å². The first-order valence-electron chi connectivity index (χ1n) is 6.29. The van der Waals surface area contributed by atoms with Crippen LogP contribution in [-0.4, -0.2) is 20.5 Å². The van der Waals surface area contributed by atoms with Gasteiger partial charge < -0.3 is 5.11 Å². The number of carbonyl (C=O) groups is 1. The zero-order valence-corrected chi connectivity index (χ0v) is 10.9. The highest BCUT2D eigenvalue weighted by Crippen LogP contribution is 2.25. The van der Waals surface area contributed by atoms with E-state index in [0.717, 1.165) is 11.6 Å². The fourth-order valence-corrected chi connectivity index (χ4v) is 2.15. The van der Waals surface area contributed by atoms with Crippen LogP contribution in [0.15, 0.2) is 54.7 Å². The van der Waals surface area contributed by atoms with Crippen LogP contribution in [0.5, 0.6) is 0 Å². The number of fused-ring (bicyclic) bond motifs is 1.